The number of amides is 2. The molecular weight excluding hydrogens is 522 g/mol. The summed E-state index contributed by atoms with van der Waals surface area (Å²) in [6, 6.07) is 12.6. The molecule has 1 aromatic carbocycles. The summed E-state index contributed by atoms with van der Waals surface area (Å²) in [4.78, 5) is 30.7. The van der Waals surface area contributed by atoms with Gasteiger partial charge in [0.1, 0.15) is 5.75 Å². The molecule has 0 spiro atoms. The molecule has 5 fully saturated rings. The topological polar surface area (TPSA) is 98.7 Å². The highest BCUT2D eigenvalue weighted by Gasteiger charge is 2.50. The molecule has 1 saturated heterocycles. The van der Waals surface area contributed by atoms with Crippen LogP contribution in [-0.4, -0.2) is 64.7 Å². The van der Waals surface area contributed by atoms with Gasteiger partial charge in [-0.2, -0.15) is 0 Å². The van der Waals surface area contributed by atoms with Gasteiger partial charge >= 0.3 is 0 Å². The van der Waals surface area contributed by atoms with E-state index in [2.05, 4.69) is 20.4 Å². The second-order valence-corrected chi connectivity index (χ2v) is 13.3. The number of aromatic nitrogens is 2. The number of benzene rings is 1. The lowest BCUT2D eigenvalue weighted by atomic mass is 9.49. The predicted octanol–water partition coefficient (Wildman–Crippen LogP) is 4.82. The fourth-order valence-corrected chi connectivity index (χ4v) is 8.94. The monoisotopic (exact) mass is 557 g/mol. The van der Waals surface area contributed by atoms with Crippen molar-refractivity contribution >= 4 is 29.0 Å². The molecule has 3 heterocycles. The highest BCUT2D eigenvalue weighted by atomic mass is 32.1. The third kappa shape index (κ3) is 4.96. The number of carbonyl (C=O) groups is 2. The van der Waals surface area contributed by atoms with E-state index in [1.54, 1.807) is 24.3 Å². The highest BCUT2D eigenvalue weighted by Crippen LogP contribution is 2.59. The number of hydrogen-bond donors (Lipinski definition) is 2. The van der Waals surface area contributed by atoms with Gasteiger partial charge in [-0.25, -0.2) is 0 Å². The SMILES string of the molecule is O=C(NCC12CC3CC(CC(C3)C1)C2)c1ccc(N2CCN(C(=O)c3cc(-c4cccc(O)c4)cs3)CC2)nn1. The van der Waals surface area contributed by atoms with Crippen LogP contribution in [0.4, 0.5) is 5.82 Å². The molecule has 0 unspecified atom stereocenters. The van der Waals surface area contributed by atoms with Crippen LogP contribution in [-0.2, 0) is 0 Å². The molecule has 2 N–H and O–H groups in total. The predicted molar refractivity (Wildman–Crippen MR) is 155 cm³/mol. The number of carbonyl (C=O) groups excluding carboxylic acids is 2. The lowest BCUT2D eigenvalue weighted by molar-refractivity contribution is -0.0503. The Labute approximate surface area is 238 Å². The fraction of sp³-hybridized carbons (Fsp3) is 0.484. The van der Waals surface area contributed by atoms with Gasteiger partial charge in [0.2, 0.25) is 0 Å². The van der Waals surface area contributed by atoms with E-state index in [0.717, 1.165) is 41.2 Å². The van der Waals surface area contributed by atoms with E-state index in [-0.39, 0.29) is 17.6 Å². The molecule has 2 amide bonds. The van der Waals surface area contributed by atoms with E-state index >= 15 is 0 Å². The van der Waals surface area contributed by atoms with E-state index in [1.165, 1.54) is 49.9 Å². The number of phenols is 1. The minimum absolute atomic E-state index is 0.0215. The Morgan fingerprint density at radius 1 is 0.925 bits per heavy atom. The third-order valence-electron chi connectivity index (χ3n) is 9.55. The van der Waals surface area contributed by atoms with Gasteiger partial charge in [0.15, 0.2) is 11.5 Å². The van der Waals surface area contributed by atoms with Gasteiger partial charge < -0.3 is 20.2 Å². The Kier molecular flexibility index (Phi) is 6.49. The first kappa shape index (κ1) is 25.5. The van der Waals surface area contributed by atoms with Crippen molar-refractivity contribution in [1.82, 2.24) is 20.4 Å². The van der Waals surface area contributed by atoms with Crippen LogP contribution in [0.5, 0.6) is 5.75 Å². The average Bonchev–Trinajstić information content (AvgIpc) is 3.46. The largest absolute Gasteiger partial charge is 0.508 e. The zero-order valence-corrected chi connectivity index (χ0v) is 23.4. The zero-order valence-electron chi connectivity index (χ0n) is 22.6. The van der Waals surface area contributed by atoms with E-state index < -0.39 is 0 Å². The Bertz CT molecular complexity index is 1380. The van der Waals surface area contributed by atoms with Gasteiger partial charge in [-0.05, 0) is 109 Å². The Balaban J connectivity index is 0.920. The van der Waals surface area contributed by atoms with Crippen LogP contribution in [0, 0.1) is 23.2 Å². The van der Waals surface area contributed by atoms with Crippen LogP contribution in [0.25, 0.3) is 11.1 Å². The van der Waals surface area contributed by atoms with Crippen molar-refractivity contribution in [3.8, 4) is 16.9 Å². The third-order valence-corrected chi connectivity index (χ3v) is 10.5. The van der Waals surface area contributed by atoms with E-state index in [1.807, 2.05) is 28.5 Å². The smallest absolute Gasteiger partial charge is 0.271 e. The summed E-state index contributed by atoms with van der Waals surface area (Å²) in [5, 5.41) is 23.5. The molecule has 208 valence electrons. The van der Waals surface area contributed by atoms with Crippen LogP contribution in [0.3, 0.4) is 0 Å². The van der Waals surface area contributed by atoms with Gasteiger partial charge in [-0.15, -0.1) is 21.5 Å². The van der Waals surface area contributed by atoms with Gasteiger partial charge in [-0.3, -0.25) is 9.59 Å². The summed E-state index contributed by atoms with van der Waals surface area (Å²) in [5.74, 6) is 3.43. The number of hydrogen-bond acceptors (Lipinski definition) is 7. The van der Waals surface area contributed by atoms with Crippen LogP contribution in [0.1, 0.15) is 58.7 Å². The molecule has 0 atom stereocenters. The second kappa shape index (κ2) is 10.2. The van der Waals surface area contributed by atoms with Crippen molar-refractivity contribution in [3.05, 3.63) is 58.4 Å². The molecule has 1 aliphatic heterocycles. The summed E-state index contributed by atoms with van der Waals surface area (Å²) in [5.41, 5.74) is 2.48. The van der Waals surface area contributed by atoms with Crippen molar-refractivity contribution in [2.75, 3.05) is 37.6 Å². The molecule has 4 saturated carbocycles. The first-order chi connectivity index (χ1) is 19.4. The standard InChI is InChI=1S/C31H35N5O3S/c37-25-3-1-2-23(13-25)24-14-27(40-18-24)30(39)36-8-6-35(7-9-36)28-5-4-26(33-34-28)29(38)32-19-31-15-20-10-21(16-31)12-22(11-20)17-31/h1-5,13-14,18,20-22,37H,6-12,15-17,19H2,(H,32,38). The summed E-state index contributed by atoms with van der Waals surface area (Å²) >= 11 is 1.43. The molecule has 4 aliphatic carbocycles. The summed E-state index contributed by atoms with van der Waals surface area (Å²) in [6.45, 7) is 3.25. The normalized spacial score (nSPS) is 27.1. The zero-order chi connectivity index (χ0) is 27.3. The van der Waals surface area contributed by atoms with Crippen molar-refractivity contribution in [1.29, 1.82) is 0 Å². The van der Waals surface area contributed by atoms with Gasteiger partial charge in [0.25, 0.3) is 11.8 Å². The average molecular weight is 558 g/mol. The maximum atomic E-state index is 13.1. The van der Waals surface area contributed by atoms with Crippen LogP contribution >= 0.6 is 11.3 Å². The summed E-state index contributed by atoms with van der Waals surface area (Å²) in [6.07, 6.45) is 8.00. The number of aromatic hydroxyl groups is 1. The Morgan fingerprint density at radius 2 is 1.65 bits per heavy atom. The van der Waals surface area contributed by atoms with Crippen molar-refractivity contribution in [2.45, 2.75) is 38.5 Å². The second-order valence-electron chi connectivity index (χ2n) is 12.4. The van der Waals surface area contributed by atoms with Gasteiger partial charge in [-0.1, -0.05) is 12.1 Å². The number of nitrogens with zero attached hydrogens (tertiary/aromatic N) is 4. The minimum Gasteiger partial charge on any atom is -0.508 e. The first-order valence-corrected chi connectivity index (χ1v) is 15.4. The summed E-state index contributed by atoms with van der Waals surface area (Å²) in [7, 11) is 0. The maximum absolute atomic E-state index is 13.1. The molecular formula is C31H35N5O3S. The number of piperazine rings is 1. The van der Waals surface area contributed by atoms with E-state index in [4.69, 9.17) is 0 Å². The first-order valence-electron chi connectivity index (χ1n) is 14.5. The fourth-order valence-electron chi connectivity index (χ4n) is 8.06. The molecule has 9 heteroatoms. The molecule has 0 radical (unpaired) electrons. The lowest BCUT2D eigenvalue weighted by Gasteiger charge is -2.56. The van der Waals surface area contributed by atoms with Crippen LogP contribution in [0.15, 0.2) is 47.8 Å². The van der Waals surface area contributed by atoms with Crippen LogP contribution < -0.4 is 10.2 Å². The number of anilines is 1. The van der Waals surface area contributed by atoms with E-state index in [9.17, 15) is 14.7 Å². The molecule has 3 aromatic rings. The molecule has 2 aromatic heterocycles. The number of nitrogens with one attached hydrogen (secondary N) is 1. The van der Waals surface area contributed by atoms with Crippen molar-refractivity contribution in [2.24, 2.45) is 23.2 Å². The minimum atomic E-state index is -0.133. The quantitative estimate of drug-likeness (QED) is 0.451. The number of rotatable bonds is 6. The van der Waals surface area contributed by atoms with Crippen molar-refractivity contribution < 1.29 is 14.7 Å². The lowest BCUT2D eigenvalue weighted by Crippen LogP contribution is -2.51. The van der Waals surface area contributed by atoms with Crippen molar-refractivity contribution in [3.63, 3.8) is 0 Å². The Morgan fingerprint density at radius 3 is 2.30 bits per heavy atom. The molecule has 4 bridgehead atoms. The maximum Gasteiger partial charge on any atom is 0.271 e. The van der Waals surface area contributed by atoms with Gasteiger partial charge in [0, 0.05) is 32.7 Å². The van der Waals surface area contributed by atoms with Gasteiger partial charge in [0.05, 0.1) is 4.88 Å². The van der Waals surface area contributed by atoms with Crippen LogP contribution in [0.2, 0.25) is 0 Å². The molecule has 8 rings (SSSR count). The van der Waals surface area contributed by atoms with E-state index in [0.29, 0.717) is 42.2 Å². The molecule has 5 aliphatic rings. The number of phenolic OH excluding ortho intramolecular Hbond substituents is 1. The highest BCUT2D eigenvalue weighted by molar-refractivity contribution is 7.12. The summed E-state index contributed by atoms with van der Waals surface area (Å²) < 4.78 is 0. The Hall–Kier alpha value is -3.46. The molecule has 40 heavy (non-hydrogen) atoms. The number of thiophene rings is 1. The molecule has 8 nitrogen and oxygen atoms in total.